The summed E-state index contributed by atoms with van der Waals surface area (Å²) in [5.74, 6) is 0.973. The molecule has 2 aromatic carbocycles. The zero-order valence-electron chi connectivity index (χ0n) is 20.7. The van der Waals surface area contributed by atoms with E-state index < -0.39 is 19.7 Å². The summed E-state index contributed by atoms with van der Waals surface area (Å²) in [6, 6.07) is 11.0. The average molecular weight is 621 g/mol. The van der Waals surface area contributed by atoms with Gasteiger partial charge in [0, 0.05) is 43.1 Å². The molecule has 0 atom stereocenters. The lowest BCUT2D eigenvalue weighted by Gasteiger charge is -2.28. The van der Waals surface area contributed by atoms with Crippen molar-refractivity contribution < 1.29 is 16.8 Å². The number of benzene rings is 2. The van der Waals surface area contributed by atoms with E-state index in [9.17, 15) is 16.8 Å². The van der Waals surface area contributed by atoms with Gasteiger partial charge in [-0.2, -0.15) is 10.1 Å². The van der Waals surface area contributed by atoms with Crippen LogP contribution in [-0.4, -0.2) is 66.9 Å². The zero-order chi connectivity index (χ0) is 27.1. The predicted octanol–water partition coefficient (Wildman–Crippen LogP) is 3.64. The number of aromatic nitrogens is 4. The maximum absolute atomic E-state index is 12.9. The van der Waals surface area contributed by atoms with Gasteiger partial charge in [0.1, 0.15) is 5.82 Å². The molecule has 4 aromatic rings. The smallest absolute Gasteiger partial charge is 0.229 e. The summed E-state index contributed by atoms with van der Waals surface area (Å²) >= 11 is 3.45. The minimum absolute atomic E-state index is 0.0496. The van der Waals surface area contributed by atoms with Crippen LogP contribution < -0.4 is 15.5 Å². The van der Waals surface area contributed by atoms with Crippen LogP contribution in [0.5, 0.6) is 0 Å². The first-order chi connectivity index (χ1) is 18.0. The van der Waals surface area contributed by atoms with E-state index in [1.165, 1.54) is 0 Å². The molecule has 0 aliphatic carbocycles. The summed E-state index contributed by atoms with van der Waals surface area (Å²) in [5.41, 5.74) is 2.80. The monoisotopic (exact) mass is 619 g/mol. The van der Waals surface area contributed by atoms with Crippen LogP contribution in [0.4, 0.5) is 28.8 Å². The number of aryl methyl sites for hydroxylation is 1. The van der Waals surface area contributed by atoms with E-state index in [0.717, 1.165) is 16.8 Å². The Labute approximate surface area is 229 Å². The SMILES string of the molecule is CCS(=O)(=O)c1cc2c(cnn2C)cc1Nc1nc(Nc2ccc(N3CCS(=O)(=O)CC3)cc2)ncc1Br. The van der Waals surface area contributed by atoms with Gasteiger partial charge in [-0.25, -0.2) is 21.8 Å². The summed E-state index contributed by atoms with van der Waals surface area (Å²) in [4.78, 5) is 11.1. The third-order valence-electron chi connectivity index (χ3n) is 6.39. The number of nitrogens with one attached hydrogen (secondary N) is 2. The van der Waals surface area contributed by atoms with E-state index in [1.807, 2.05) is 29.2 Å². The lowest BCUT2D eigenvalue weighted by molar-refractivity contribution is 0.586. The molecule has 1 saturated heterocycles. The van der Waals surface area contributed by atoms with Crippen molar-refractivity contribution in [3.8, 4) is 0 Å². The van der Waals surface area contributed by atoms with Crippen LogP contribution in [0.1, 0.15) is 6.92 Å². The minimum atomic E-state index is -3.54. The van der Waals surface area contributed by atoms with Gasteiger partial charge < -0.3 is 15.5 Å². The Bertz CT molecular complexity index is 1710. The van der Waals surface area contributed by atoms with E-state index in [0.29, 0.717) is 40.5 Å². The molecule has 5 rings (SSSR count). The number of fused-ring (bicyclic) bond motifs is 1. The highest BCUT2D eigenvalue weighted by Gasteiger charge is 2.22. The number of hydrogen-bond acceptors (Lipinski definition) is 10. The summed E-state index contributed by atoms with van der Waals surface area (Å²) in [5, 5.41) is 11.3. The average Bonchev–Trinajstić information content (AvgIpc) is 3.25. The van der Waals surface area contributed by atoms with Gasteiger partial charge in [0.2, 0.25) is 5.95 Å². The highest BCUT2D eigenvalue weighted by Crippen LogP contribution is 2.33. The molecular formula is C24H26BrN7O4S2. The molecule has 1 aliphatic rings. The zero-order valence-corrected chi connectivity index (χ0v) is 23.9. The number of hydrogen-bond donors (Lipinski definition) is 2. The van der Waals surface area contributed by atoms with Crippen LogP contribution in [0.15, 0.2) is 58.2 Å². The molecule has 1 fully saturated rings. The second-order valence-corrected chi connectivity index (χ2v) is 14.3. The van der Waals surface area contributed by atoms with Crippen molar-refractivity contribution in [2.45, 2.75) is 11.8 Å². The lowest BCUT2D eigenvalue weighted by atomic mass is 10.2. The normalized spacial score (nSPS) is 15.5. The van der Waals surface area contributed by atoms with Crippen molar-refractivity contribution in [1.29, 1.82) is 0 Å². The minimum Gasteiger partial charge on any atom is -0.369 e. The second-order valence-electron chi connectivity index (χ2n) is 8.90. The van der Waals surface area contributed by atoms with Crippen LogP contribution in [0, 0.1) is 0 Å². The molecule has 0 saturated carbocycles. The third-order valence-corrected chi connectivity index (χ3v) is 10.4. The van der Waals surface area contributed by atoms with Crippen LogP contribution in [0.3, 0.4) is 0 Å². The van der Waals surface area contributed by atoms with Crippen molar-refractivity contribution in [1.82, 2.24) is 19.7 Å². The predicted molar refractivity (Wildman–Crippen MR) is 152 cm³/mol. The van der Waals surface area contributed by atoms with Gasteiger partial charge in [-0.3, -0.25) is 4.68 Å². The van der Waals surface area contributed by atoms with Crippen LogP contribution in [0.2, 0.25) is 0 Å². The molecule has 200 valence electrons. The number of rotatable bonds is 7. The number of anilines is 5. The first kappa shape index (κ1) is 26.4. The topological polar surface area (TPSA) is 139 Å². The van der Waals surface area contributed by atoms with Crippen molar-refractivity contribution >= 4 is 75.3 Å². The Balaban J connectivity index is 1.39. The Morgan fingerprint density at radius 1 is 1.05 bits per heavy atom. The van der Waals surface area contributed by atoms with Crippen molar-refractivity contribution in [2.75, 3.05) is 45.9 Å². The Morgan fingerprint density at radius 3 is 2.45 bits per heavy atom. The third kappa shape index (κ3) is 5.47. The van der Waals surface area contributed by atoms with E-state index in [-0.39, 0.29) is 22.2 Å². The van der Waals surface area contributed by atoms with Gasteiger partial charge in [0.05, 0.1) is 44.0 Å². The molecule has 0 amide bonds. The molecule has 2 aromatic heterocycles. The molecule has 0 bridgehead atoms. The Morgan fingerprint density at radius 2 is 1.76 bits per heavy atom. The van der Waals surface area contributed by atoms with Crippen LogP contribution >= 0.6 is 15.9 Å². The maximum Gasteiger partial charge on any atom is 0.229 e. The van der Waals surface area contributed by atoms with Gasteiger partial charge in [0.25, 0.3) is 0 Å². The molecule has 0 unspecified atom stereocenters. The molecule has 38 heavy (non-hydrogen) atoms. The summed E-state index contributed by atoms with van der Waals surface area (Å²) in [7, 11) is -4.72. The van der Waals surface area contributed by atoms with E-state index in [1.54, 1.807) is 43.2 Å². The van der Waals surface area contributed by atoms with Gasteiger partial charge in [-0.05, 0) is 52.3 Å². The van der Waals surface area contributed by atoms with E-state index in [2.05, 4.69) is 41.6 Å². The highest BCUT2D eigenvalue weighted by atomic mass is 79.9. The van der Waals surface area contributed by atoms with Crippen molar-refractivity contribution in [3.05, 3.63) is 53.3 Å². The largest absolute Gasteiger partial charge is 0.369 e. The number of sulfone groups is 2. The highest BCUT2D eigenvalue weighted by molar-refractivity contribution is 9.10. The summed E-state index contributed by atoms with van der Waals surface area (Å²) in [6.07, 6.45) is 3.26. The quantitative estimate of drug-likeness (QED) is 0.315. The first-order valence-electron chi connectivity index (χ1n) is 11.9. The van der Waals surface area contributed by atoms with Crippen LogP contribution in [-0.2, 0) is 26.7 Å². The second kappa shape index (κ2) is 10.2. The van der Waals surface area contributed by atoms with Gasteiger partial charge >= 0.3 is 0 Å². The van der Waals surface area contributed by atoms with E-state index in [4.69, 9.17) is 0 Å². The fourth-order valence-corrected chi connectivity index (χ4v) is 6.73. The molecule has 2 N–H and O–H groups in total. The van der Waals surface area contributed by atoms with Gasteiger partial charge in [-0.1, -0.05) is 6.92 Å². The first-order valence-corrected chi connectivity index (χ1v) is 16.1. The fourth-order valence-electron chi connectivity index (χ4n) is 4.19. The van der Waals surface area contributed by atoms with E-state index >= 15 is 0 Å². The van der Waals surface area contributed by atoms with Gasteiger partial charge in [-0.15, -0.1) is 0 Å². The molecule has 0 radical (unpaired) electrons. The van der Waals surface area contributed by atoms with Crippen molar-refractivity contribution in [3.63, 3.8) is 0 Å². The van der Waals surface area contributed by atoms with Crippen molar-refractivity contribution in [2.24, 2.45) is 7.05 Å². The molecule has 11 nitrogen and oxygen atoms in total. The Hall–Kier alpha value is -3.23. The summed E-state index contributed by atoms with van der Waals surface area (Å²) < 4.78 is 51.4. The number of nitrogens with zero attached hydrogens (tertiary/aromatic N) is 5. The lowest BCUT2D eigenvalue weighted by Crippen LogP contribution is -2.40. The number of halogens is 1. The Kier molecular flexibility index (Phi) is 7.05. The maximum atomic E-state index is 12.9. The molecular weight excluding hydrogens is 594 g/mol. The molecule has 3 heterocycles. The van der Waals surface area contributed by atoms with Gasteiger partial charge in [0.15, 0.2) is 19.7 Å². The fraction of sp³-hybridized carbons (Fsp3) is 0.292. The summed E-state index contributed by atoms with van der Waals surface area (Å²) in [6.45, 7) is 2.55. The van der Waals surface area contributed by atoms with Crippen LogP contribution in [0.25, 0.3) is 10.9 Å². The molecule has 0 spiro atoms. The molecule has 14 heteroatoms. The standard InChI is InChI=1S/C24H26BrN7O4S2/c1-3-38(35,36)22-13-21-16(14-27-31(21)2)12-20(22)29-23-19(25)15-26-24(30-23)28-17-4-6-18(7-5-17)32-8-10-37(33,34)11-9-32/h4-7,12-15H,3,8-11H2,1-2H3,(H2,26,28,29,30). The molecule has 1 aliphatic heterocycles.